The molecule has 0 aromatic rings. The van der Waals surface area contributed by atoms with Gasteiger partial charge in [0.05, 0.1) is 0 Å². The molecule has 4 saturated heterocycles. The Morgan fingerprint density at radius 3 is 2.45 bits per heavy atom. The highest BCUT2D eigenvalue weighted by Gasteiger charge is 2.47. The maximum Gasteiger partial charge on any atom is 0.222 e. The van der Waals surface area contributed by atoms with Gasteiger partial charge >= 0.3 is 0 Å². The van der Waals surface area contributed by atoms with Crippen LogP contribution in [0.5, 0.6) is 0 Å². The number of rotatable bonds is 6. The number of carbonyl (C=O) groups excluding carboxylic acids is 1. The van der Waals surface area contributed by atoms with Gasteiger partial charge in [0, 0.05) is 57.8 Å². The molecular weight excluding hydrogens is 360 g/mol. The van der Waals surface area contributed by atoms with Gasteiger partial charge in [-0.25, -0.2) is 0 Å². The summed E-state index contributed by atoms with van der Waals surface area (Å²) >= 11 is 0. The van der Waals surface area contributed by atoms with Crippen molar-refractivity contribution in [2.24, 2.45) is 17.8 Å². The SMILES string of the molecule is CC(C)CN1CCN(C(=O)CCC[C@@H]2[C@H]3CCCN4CCC[C@@H](CN2C)[C@@H]34)CC1. The van der Waals surface area contributed by atoms with Crippen molar-refractivity contribution < 1.29 is 4.79 Å². The van der Waals surface area contributed by atoms with E-state index in [1.54, 1.807) is 0 Å². The molecule has 0 bridgehead atoms. The number of likely N-dealkylation sites (tertiary alicyclic amines) is 1. The zero-order chi connectivity index (χ0) is 20.4. The molecule has 5 heteroatoms. The molecule has 4 heterocycles. The summed E-state index contributed by atoms with van der Waals surface area (Å²) in [7, 11) is 2.35. The molecule has 0 aromatic carbocycles. The lowest BCUT2D eigenvalue weighted by molar-refractivity contribution is -0.133. The van der Waals surface area contributed by atoms with Crippen LogP contribution in [0.2, 0.25) is 0 Å². The molecule has 5 nitrogen and oxygen atoms in total. The summed E-state index contributed by atoms with van der Waals surface area (Å²) in [5.74, 6) is 2.83. The van der Waals surface area contributed by atoms with Crippen molar-refractivity contribution in [1.29, 1.82) is 0 Å². The first-order valence-corrected chi connectivity index (χ1v) is 12.5. The molecule has 0 spiro atoms. The molecule has 0 unspecified atom stereocenters. The molecule has 4 fully saturated rings. The van der Waals surface area contributed by atoms with Gasteiger partial charge in [-0.15, -0.1) is 0 Å². The fourth-order valence-corrected chi connectivity index (χ4v) is 6.96. The molecule has 0 N–H and O–H groups in total. The highest BCUT2D eigenvalue weighted by atomic mass is 16.2. The van der Waals surface area contributed by atoms with Crippen molar-refractivity contribution in [3.63, 3.8) is 0 Å². The van der Waals surface area contributed by atoms with Crippen LogP contribution in [0.25, 0.3) is 0 Å². The lowest BCUT2D eigenvalue weighted by Crippen LogP contribution is -2.63. The number of amides is 1. The Bertz CT molecular complexity index is 543. The predicted molar refractivity (Wildman–Crippen MR) is 119 cm³/mol. The maximum atomic E-state index is 12.8. The van der Waals surface area contributed by atoms with Gasteiger partial charge in [0.2, 0.25) is 5.91 Å². The number of piperidine rings is 3. The standard InChI is InChI=1S/C24H44N4O/c1-19(2)17-26-13-15-27(16-14-26)23(29)10-4-9-22-21-8-6-12-28-11-5-7-20(24(21)28)18-25(22)3/h19-22,24H,4-18H2,1-3H3/t20-,21+,22+,24-/m0/s1. The second-order valence-electron chi connectivity index (χ2n) is 10.7. The van der Waals surface area contributed by atoms with Crippen molar-refractivity contribution in [2.45, 2.75) is 70.9 Å². The number of hydrogen-bond acceptors (Lipinski definition) is 4. The monoisotopic (exact) mass is 404 g/mol. The number of piperazine rings is 1. The second-order valence-corrected chi connectivity index (χ2v) is 10.7. The third-order valence-corrected chi connectivity index (χ3v) is 8.17. The lowest BCUT2D eigenvalue weighted by Gasteiger charge is -2.57. The van der Waals surface area contributed by atoms with Gasteiger partial charge in [-0.3, -0.25) is 14.6 Å². The van der Waals surface area contributed by atoms with Gasteiger partial charge in [0.1, 0.15) is 0 Å². The Balaban J connectivity index is 1.24. The molecule has 4 atom stereocenters. The first-order chi connectivity index (χ1) is 14.0. The zero-order valence-electron chi connectivity index (χ0n) is 19.2. The highest BCUT2D eigenvalue weighted by Crippen LogP contribution is 2.42. The fourth-order valence-electron chi connectivity index (χ4n) is 6.96. The van der Waals surface area contributed by atoms with Crippen LogP contribution >= 0.6 is 0 Å². The molecule has 0 aliphatic carbocycles. The van der Waals surface area contributed by atoms with Gasteiger partial charge in [0.15, 0.2) is 0 Å². The molecule has 1 amide bonds. The van der Waals surface area contributed by atoms with E-state index in [4.69, 9.17) is 0 Å². The number of carbonyl (C=O) groups is 1. The van der Waals surface area contributed by atoms with Gasteiger partial charge < -0.3 is 9.80 Å². The Morgan fingerprint density at radius 2 is 1.72 bits per heavy atom. The van der Waals surface area contributed by atoms with Gasteiger partial charge in [-0.2, -0.15) is 0 Å². The maximum absolute atomic E-state index is 12.8. The van der Waals surface area contributed by atoms with E-state index >= 15 is 0 Å². The zero-order valence-corrected chi connectivity index (χ0v) is 19.2. The third kappa shape index (κ3) is 4.99. The molecule has 166 valence electrons. The quantitative estimate of drug-likeness (QED) is 0.681. The van der Waals surface area contributed by atoms with Crippen LogP contribution in [-0.2, 0) is 4.79 Å². The Kier molecular flexibility index (Phi) is 7.18. The molecule has 0 saturated carbocycles. The minimum atomic E-state index is 0.397. The average molecular weight is 405 g/mol. The van der Waals surface area contributed by atoms with Crippen LogP contribution in [0, 0.1) is 17.8 Å². The predicted octanol–water partition coefficient (Wildman–Crippen LogP) is 2.76. The van der Waals surface area contributed by atoms with E-state index in [0.717, 1.165) is 63.4 Å². The fraction of sp³-hybridized carbons (Fsp3) is 0.958. The molecule has 0 radical (unpaired) electrons. The molecule has 4 rings (SSSR count). The van der Waals surface area contributed by atoms with Gasteiger partial charge in [-0.05, 0) is 76.4 Å². The molecule has 29 heavy (non-hydrogen) atoms. The number of nitrogens with zero attached hydrogens (tertiary/aromatic N) is 4. The third-order valence-electron chi connectivity index (χ3n) is 8.17. The molecular formula is C24H44N4O. The summed E-state index contributed by atoms with van der Waals surface area (Å²) in [5, 5.41) is 0. The van der Waals surface area contributed by atoms with Gasteiger partial charge in [-0.1, -0.05) is 13.8 Å². The topological polar surface area (TPSA) is 30.0 Å². The summed E-state index contributed by atoms with van der Waals surface area (Å²) in [4.78, 5) is 22.9. The van der Waals surface area contributed by atoms with Crippen molar-refractivity contribution in [1.82, 2.24) is 19.6 Å². The summed E-state index contributed by atoms with van der Waals surface area (Å²) in [6, 6.07) is 1.52. The minimum absolute atomic E-state index is 0.397. The van der Waals surface area contributed by atoms with Crippen LogP contribution in [-0.4, -0.2) is 97.0 Å². The highest BCUT2D eigenvalue weighted by molar-refractivity contribution is 5.76. The van der Waals surface area contributed by atoms with Crippen LogP contribution in [0.4, 0.5) is 0 Å². The van der Waals surface area contributed by atoms with E-state index in [1.807, 2.05) is 0 Å². The Morgan fingerprint density at radius 1 is 1.00 bits per heavy atom. The Hall–Kier alpha value is -0.650. The van der Waals surface area contributed by atoms with E-state index in [1.165, 1.54) is 51.7 Å². The van der Waals surface area contributed by atoms with Crippen LogP contribution in [0.1, 0.15) is 58.8 Å². The first kappa shape index (κ1) is 21.6. The van der Waals surface area contributed by atoms with Gasteiger partial charge in [0.25, 0.3) is 0 Å². The molecule has 0 aromatic heterocycles. The van der Waals surface area contributed by atoms with Crippen LogP contribution < -0.4 is 0 Å². The van der Waals surface area contributed by atoms with Crippen molar-refractivity contribution >= 4 is 5.91 Å². The molecule has 4 aliphatic rings. The van der Waals surface area contributed by atoms with Crippen molar-refractivity contribution in [3.8, 4) is 0 Å². The van der Waals surface area contributed by atoms with E-state index < -0.39 is 0 Å². The van der Waals surface area contributed by atoms with Crippen LogP contribution in [0.15, 0.2) is 0 Å². The summed E-state index contributed by atoms with van der Waals surface area (Å²) in [6.45, 7) is 13.6. The van der Waals surface area contributed by atoms with Crippen molar-refractivity contribution in [3.05, 3.63) is 0 Å². The number of hydrogen-bond donors (Lipinski definition) is 0. The first-order valence-electron chi connectivity index (χ1n) is 12.5. The molecule has 4 aliphatic heterocycles. The van der Waals surface area contributed by atoms with Crippen LogP contribution in [0.3, 0.4) is 0 Å². The van der Waals surface area contributed by atoms with E-state index in [2.05, 4.69) is 40.5 Å². The smallest absolute Gasteiger partial charge is 0.222 e. The summed E-state index contributed by atoms with van der Waals surface area (Å²) < 4.78 is 0. The summed E-state index contributed by atoms with van der Waals surface area (Å²) in [6.07, 6.45) is 8.61. The minimum Gasteiger partial charge on any atom is -0.340 e. The van der Waals surface area contributed by atoms with E-state index in [0.29, 0.717) is 17.9 Å². The lowest BCUT2D eigenvalue weighted by atomic mass is 9.69. The summed E-state index contributed by atoms with van der Waals surface area (Å²) in [5.41, 5.74) is 0. The second kappa shape index (κ2) is 9.65. The normalized spacial score (nSPS) is 34.4. The Labute approximate surface area is 178 Å². The largest absolute Gasteiger partial charge is 0.340 e. The van der Waals surface area contributed by atoms with E-state index in [-0.39, 0.29) is 0 Å². The van der Waals surface area contributed by atoms with Crippen molar-refractivity contribution in [2.75, 3.05) is 59.4 Å². The average Bonchev–Trinajstić information content (AvgIpc) is 2.70. The van der Waals surface area contributed by atoms with E-state index in [9.17, 15) is 4.79 Å².